The van der Waals surface area contributed by atoms with Crippen LogP contribution in [0.3, 0.4) is 0 Å². The third kappa shape index (κ3) is 2.84. The summed E-state index contributed by atoms with van der Waals surface area (Å²) in [6, 6.07) is 0. The van der Waals surface area contributed by atoms with Gasteiger partial charge in [0.25, 0.3) is 0 Å². The van der Waals surface area contributed by atoms with E-state index in [1.165, 1.54) is 5.56 Å². The normalized spacial score (nSPS) is 22.5. The van der Waals surface area contributed by atoms with Crippen LogP contribution in [0.25, 0.3) is 0 Å². The van der Waals surface area contributed by atoms with E-state index in [0.717, 1.165) is 18.8 Å². The van der Waals surface area contributed by atoms with Crippen molar-refractivity contribution in [3.63, 3.8) is 0 Å². The van der Waals surface area contributed by atoms with Crippen molar-refractivity contribution in [3.8, 4) is 0 Å². The summed E-state index contributed by atoms with van der Waals surface area (Å²) in [6.07, 6.45) is 2.06. The number of aryl methyl sites for hydroxylation is 2. The molecule has 1 fully saturated rings. The van der Waals surface area contributed by atoms with Crippen LogP contribution in [0, 0.1) is 6.92 Å². The highest BCUT2D eigenvalue weighted by Crippen LogP contribution is 2.25. The number of hydrogen-bond acceptors (Lipinski definition) is 4. The van der Waals surface area contributed by atoms with E-state index in [-0.39, 0.29) is 5.75 Å². The predicted molar refractivity (Wildman–Crippen MR) is 75.8 cm³/mol. The Balaban J connectivity index is 2.11. The van der Waals surface area contributed by atoms with Crippen LogP contribution < -0.4 is 0 Å². The third-order valence-corrected chi connectivity index (χ3v) is 6.42. The monoisotopic (exact) mass is 285 g/mol. The van der Waals surface area contributed by atoms with Gasteiger partial charge in [0.05, 0.1) is 16.2 Å². The molecule has 1 saturated heterocycles. The van der Waals surface area contributed by atoms with E-state index in [0.29, 0.717) is 13.1 Å². The number of aromatic nitrogens is 2. The quantitative estimate of drug-likeness (QED) is 0.838. The lowest BCUT2D eigenvalue weighted by Crippen LogP contribution is -2.52. The first-order valence-corrected chi connectivity index (χ1v) is 8.38. The molecule has 0 radical (unpaired) electrons. The van der Waals surface area contributed by atoms with E-state index >= 15 is 0 Å². The van der Waals surface area contributed by atoms with Crippen molar-refractivity contribution >= 4 is 9.84 Å². The standard InChI is InChI=1S/C13H23N3O2S/c1-5-16-9-12(11(2)14-16)8-15-6-7-19(17,18)13(3,4)10-15/h9H,5-8,10H2,1-4H3. The van der Waals surface area contributed by atoms with Crippen LogP contribution in [-0.4, -0.2) is 46.7 Å². The predicted octanol–water partition coefficient (Wildman–Crippen LogP) is 1.22. The highest BCUT2D eigenvalue weighted by atomic mass is 32.2. The fourth-order valence-electron chi connectivity index (χ4n) is 2.49. The molecular formula is C13H23N3O2S. The molecule has 0 saturated carbocycles. The minimum atomic E-state index is -2.96. The molecule has 108 valence electrons. The summed E-state index contributed by atoms with van der Waals surface area (Å²) in [7, 11) is -2.96. The zero-order valence-corrected chi connectivity index (χ0v) is 13.0. The summed E-state index contributed by atoms with van der Waals surface area (Å²) in [5.74, 6) is 0.251. The first kappa shape index (κ1) is 14.5. The molecule has 0 aromatic carbocycles. The molecule has 0 spiro atoms. The maximum absolute atomic E-state index is 12.0. The van der Waals surface area contributed by atoms with Gasteiger partial charge in [0.15, 0.2) is 9.84 Å². The number of hydrogen-bond donors (Lipinski definition) is 0. The van der Waals surface area contributed by atoms with Gasteiger partial charge in [-0.15, -0.1) is 0 Å². The van der Waals surface area contributed by atoms with Crippen LogP contribution in [0.4, 0.5) is 0 Å². The molecule has 0 aliphatic carbocycles. The number of nitrogens with zero attached hydrogens (tertiary/aromatic N) is 3. The Kier molecular flexibility index (Phi) is 3.75. The second-order valence-electron chi connectivity index (χ2n) is 5.88. The van der Waals surface area contributed by atoms with Crippen molar-refractivity contribution in [3.05, 3.63) is 17.5 Å². The van der Waals surface area contributed by atoms with E-state index in [9.17, 15) is 8.42 Å². The molecule has 19 heavy (non-hydrogen) atoms. The van der Waals surface area contributed by atoms with Crippen molar-refractivity contribution in [2.75, 3.05) is 18.8 Å². The maximum atomic E-state index is 12.0. The Morgan fingerprint density at radius 3 is 2.63 bits per heavy atom. The lowest BCUT2D eigenvalue weighted by Gasteiger charge is -2.37. The topological polar surface area (TPSA) is 55.2 Å². The van der Waals surface area contributed by atoms with E-state index in [1.807, 2.05) is 25.5 Å². The molecule has 1 aromatic rings. The summed E-state index contributed by atoms with van der Waals surface area (Å²) in [6.45, 7) is 10.5. The Morgan fingerprint density at radius 1 is 1.42 bits per heavy atom. The SMILES string of the molecule is CCn1cc(CN2CCS(=O)(=O)C(C)(C)C2)c(C)n1. The lowest BCUT2D eigenvalue weighted by atomic mass is 10.1. The largest absolute Gasteiger partial charge is 0.296 e. The Morgan fingerprint density at radius 2 is 2.11 bits per heavy atom. The van der Waals surface area contributed by atoms with Crippen LogP contribution in [0.15, 0.2) is 6.20 Å². The summed E-state index contributed by atoms with van der Waals surface area (Å²) in [5.41, 5.74) is 2.23. The minimum absolute atomic E-state index is 0.251. The summed E-state index contributed by atoms with van der Waals surface area (Å²) >= 11 is 0. The molecule has 1 aliphatic rings. The first-order chi connectivity index (χ1) is 8.75. The van der Waals surface area contributed by atoms with Crippen LogP contribution in [0.2, 0.25) is 0 Å². The van der Waals surface area contributed by atoms with Crippen LogP contribution >= 0.6 is 0 Å². The summed E-state index contributed by atoms with van der Waals surface area (Å²) in [5, 5.41) is 4.43. The Labute approximate surface area is 115 Å². The average molecular weight is 285 g/mol. The van der Waals surface area contributed by atoms with Gasteiger partial charge in [0, 0.05) is 37.9 Å². The zero-order chi connectivity index (χ0) is 14.3. The number of rotatable bonds is 3. The van der Waals surface area contributed by atoms with E-state index in [1.54, 1.807) is 0 Å². The second kappa shape index (κ2) is 4.90. The second-order valence-corrected chi connectivity index (χ2v) is 8.63. The van der Waals surface area contributed by atoms with Crippen molar-refractivity contribution in [2.24, 2.45) is 0 Å². The Hall–Kier alpha value is -0.880. The summed E-state index contributed by atoms with van der Waals surface area (Å²) in [4.78, 5) is 2.21. The average Bonchev–Trinajstić information content (AvgIpc) is 2.65. The third-order valence-electron chi connectivity index (χ3n) is 3.89. The molecule has 0 amide bonds. The van der Waals surface area contributed by atoms with Crippen molar-refractivity contribution in [1.82, 2.24) is 14.7 Å². The molecule has 0 atom stereocenters. The zero-order valence-electron chi connectivity index (χ0n) is 12.2. The lowest BCUT2D eigenvalue weighted by molar-refractivity contribution is 0.241. The van der Waals surface area contributed by atoms with Crippen LogP contribution in [-0.2, 0) is 22.9 Å². The van der Waals surface area contributed by atoms with Gasteiger partial charge < -0.3 is 0 Å². The smallest absolute Gasteiger partial charge is 0.157 e. The van der Waals surface area contributed by atoms with Gasteiger partial charge in [-0.25, -0.2) is 8.42 Å². The highest BCUT2D eigenvalue weighted by Gasteiger charge is 2.39. The highest BCUT2D eigenvalue weighted by molar-refractivity contribution is 7.92. The van der Waals surface area contributed by atoms with Crippen molar-refractivity contribution < 1.29 is 8.42 Å². The van der Waals surface area contributed by atoms with Gasteiger partial charge in [0.2, 0.25) is 0 Å². The number of sulfone groups is 1. The molecule has 1 aromatic heterocycles. The molecule has 0 bridgehead atoms. The molecule has 5 nitrogen and oxygen atoms in total. The van der Waals surface area contributed by atoms with Gasteiger partial charge >= 0.3 is 0 Å². The van der Waals surface area contributed by atoms with Gasteiger partial charge in [-0.05, 0) is 27.7 Å². The van der Waals surface area contributed by atoms with Crippen molar-refractivity contribution in [1.29, 1.82) is 0 Å². The molecule has 1 aliphatic heterocycles. The van der Waals surface area contributed by atoms with Gasteiger partial charge in [0.1, 0.15) is 0 Å². The van der Waals surface area contributed by atoms with E-state index < -0.39 is 14.6 Å². The minimum Gasteiger partial charge on any atom is -0.296 e. The van der Waals surface area contributed by atoms with Crippen LogP contribution in [0.1, 0.15) is 32.0 Å². The summed E-state index contributed by atoms with van der Waals surface area (Å²) < 4.78 is 25.2. The molecule has 2 rings (SSSR count). The van der Waals surface area contributed by atoms with E-state index in [4.69, 9.17) is 0 Å². The maximum Gasteiger partial charge on any atom is 0.157 e. The van der Waals surface area contributed by atoms with E-state index in [2.05, 4.69) is 23.1 Å². The molecule has 0 unspecified atom stereocenters. The molecule has 6 heteroatoms. The first-order valence-electron chi connectivity index (χ1n) is 6.73. The molecule has 2 heterocycles. The fourth-order valence-corrected chi connectivity index (χ4v) is 3.92. The van der Waals surface area contributed by atoms with Crippen LogP contribution in [0.5, 0.6) is 0 Å². The molecular weight excluding hydrogens is 262 g/mol. The van der Waals surface area contributed by atoms with Gasteiger partial charge in [-0.2, -0.15) is 5.10 Å². The van der Waals surface area contributed by atoms with Gasteiger partial charge in [-0.3, -0.25) is 9.58 Å². The van der Waals surface area contributed by atoms with Crippen molar-refractivity contribution in [2.45, 2.75) is 45.5 Å². The van der Waals surface area contributed by atoms with Gasteiger partial charge in [-0.1, -0.05) is 0 Å². The molecule has 0 N–H and O–H groups in total. The Bertz CT molecular complexity index is 560. The fraction of sp³-hybridized carbons (Fsp3) is 0.769.